The summed E-state index contributed by atoms with van der Waals surface area (Å²) in [5, 5.41) is 6.22. The normalized spacial score (nSPS) is 11.1. The Morgan fingerprint density at radius 2 is 1.71 bits per heavy atom. The zero-order valence-corrected chi connectivity index (χ0v) is 18.3. The molecule has 8 nitrogen and oxygen atoms in total. The van der Waals surface area contributed by atoms with E-state index in [9.17, 15) is 12.8 Å². The highest BCUT2D eigenvalue weighted by Crippen LogP contribution is 2.24. The van der Waals surface area contributed by atoms with Gasteiger partial charge in [-0.25, -0.2) is 17.8 Å². The summed E-state index contributed by atoms with van der Waals surface area (Å²) in [5.41, 5.74) is 1.86. The van der Waals surface area contributed by atoms with Gasteiger partial charge in [-0.3, -0.25) is 4.72 Å². The van der Waals surface area contributed by atoms with Crippen LogP contribution in [0.25, 0.3) is 0 Å². The Kier molecular flexibility index (Phi) is 6.91. The molecule has 0 unspecified atom stereocenters. The number of aryl methyl sites for hydroxylation is 1. The van der Waals surface area contributed by atoms with Crippen LogP contribution >= 0.6 is 0 Å². The van der Waals surface area contributed by atoms with Gasteiger partial charge in [0.05, 0.1) is 11.5 Å². The van der Waals surface area contributed by atoms with Crippen LogP contribution in [0.1, 0.15) is 19.5 Å². The van der Waals surface area contributed by atoms with E-state index < -0.39 is 15.8 Å². The lowest BCUT2D eigenvalue weighted by Crippen LogP contribution is -2.13. The molecule has 3 rings (SSSR count). The molecule has 0 aliphatic carbocycles. The largest absolute Gasteiger partial charge is 0.491 e. The molecule has 0 atom stereocenters. The van der Waals surface area contributed by atoms with Gasteiger partial charge in [0.2, 0.25) is 5.95 Å². The zero-order chi connectivity index (χ0) is 22.4. The highest BCUT2D eigenvalue weighted by molar-refractivity contribution is 7.92. The van der Waals surface area contributed by atoms with E-state index in [0.29, 0.717) is 24.0 Å². The van der Waals surface area contributed by atoms with Crippen LogP contribution in [0.15, 0.2) is 53.4 Å². The molecule has 0 aliphatic rings. The van der Waals surface area contributed by atoms with Crippen molar-refractivity contribution in [2.45, 2.75) is 25.7 Å². The standard InChI is InChI=1S/C21H24FN5O3S/c1-4-23-21-24-14(3)12-20(26-21)25-15-6-8-16(9-7-15)27-31(28,29)17-10-11-19(30-5-2)18(22)13-17/h6-13,27H,4-5H2,1-3H3,(H2,23,24,25,26). The van der Waals surface area contributed by atoms with Crippen LogP contribution < -0.4 is 20.1 Å². The molecular formula is C21H24FN5O3S. The maximum absolute atomic E-state index is 14.0. The molecule has 0 fully saturated rings. The minimum absolute atomic E-state index is 0.00845. The predicted octanol–water partition coefficient (Wildman–Crippen LogP) is 4.30. The van der Waals surface area contributed by atoms with Gasteiger partial charge < -0.3 is 15.4 Å². The van der Waals surface area contributed by atoms with Crippen molar-refractivity contribution in [3.8, 4) is 5.75 Å². The fraction of sp³-hybridized carbons (Fsp3) is 0.238. The molecule has 2 aromatic carbocycles. The van der Waals surface area contributed by atoms with Crippen LogP contribution in [0, 0.1) is 12.7 Å². The molecule has 0 bridgehead atoms. The fourth-order valence-electron chi connectivity index (χ4n) is 2.77. The molecule has 164 valence electrons. The van der Waals surface area contributed by atoms with Crippen LogP contribution in [-0.2, 0) is 10.0 Å². The molecule has 0 spiro atoms. The molecule has 0 saturated carbocycles. The predicted molar refractivity (Wildman–Crippen MR) is 119 cm³/mol. The highest BCUT2D eigenvalue weighted by atomic mass is 32.2. The lowest BCUT2D eigenvalue weighted by molar-refractivity contribution is 0.321. The van der Waals surface area contributed by atoms with Crippen molar-refractivity contribution in [3.63, 3.8) is 0 Å². The molecule has 3 N–H and O–H groups in total. The van der Waals surface area contributed by atoms with Crippen LogP contribution in [0.4, 0.5) is 27.5 Å². The lowest BCUT2D eigenvalue weighted by Gasteiger charge is -2.12. The first-order valence-electron chi connectivity index (χ1n) is 9.72. The quantitative estimate of drug-likeness (QED) is 0.451. The first-order valence-corrected chi connectivity index (χ1v) is 11.2. The van der Waals surface area contributed by atoms with E-state index in [4.69, 9.17) is 4.74 Å². The van der Waals surface area contributed by atoms with Gasteiger partial charge >= 0.3 is 0 Å². The summed E-state index contributed by atoms with van der Waals surface area (Å²) in [6.07, 6.45) is 0. The van der Waals surface area contributed by atoms with Crippen molar-refractivity contribution in [1.82, 2.24) is 9.97 Å². The Bertz CT molecular complexity index is 1150. The molecule has 10 heteroatoms. The number of benzene rings is 2. The second-order valence-corrected chi connectivity index (χ2v) is 8.26. The van der Waals surface area contributed by atoms with Gasteiger partial charge in [0.1, 0.15) is 5.82 Å². The number of ether oxygens (including phenoxy) is 1. The first-order chi connectivity index (χ1) is 14.8. The molecule has 0 amide bonds. The lowest BCUT2D eigenvalue weighted by atomic mass is 10.3. The third-order valence-corrected chi connectivity index (χ3v) is 5.49. The third-order valence-electron chi connectivity index (χ3n) is 4.11. The van der Waals surface area contributed by atoms with E-state index in [-0.39, 0.29) is 17.3 Å². The summed E-state index contributed by atoms with van der Waals surface area (Å²) in [7, 11) is -3.95. The smallest absolute Gasteiger partial charge is 0.262 e. The van der Waals surface area contributed by atoms with E-state index in [1.54, 1.807) is 37.3 Å². The number of sulfonamides is 1. The third kappa shape index (κ3) is 5.82. The molecule has 0 radical (unpaired) electrons. The van der Waals surface area contributed by atoms with Crippen molar-refractivity contribution >= 4 is 33.2 Å². The number of hydrogen-bond acceptors (Lipinski definition) is 7. The van der Waals surface area contributed by atoms with E-state index in [2.05, 4.69) is 25.3 Å². The summed E-state index contributed by atoms with van der Waals surface area (Å²) >= 11 is 0. The van der Waals surface area contributed by atoms with E-state index in [1.165, 1.54) is 12.1 Å². The van der Waals surface area contributed by atoms with E-state index >= 15 is 0 Å². The van der Waals surface area contributed by atoms with Gasteiger partial charge in [-0.15, -0.1) is 0 Å². The maximum atomic E-state index is 14.0. The van der Waals surface area contributed by atoms with Crippen molar-refractivity contribution < 1.29 is 17.5 Å². The van der Waals surface area contributed by atoms with Gasteiger partial charge in [-0.1, -0.05) is 0 Å². The van der Waals surface area contributed by atoms with E-state index in [0.717, 1.165) is 17.4 Å². The number of hydrogen-bond donors (Lipinski definition) is 3. The SMILES string of the molecule is CCNc1nc(C)cc(Nc2ccc(NS(=O)(=O)c3ccc(OCC)c(F)c3)cc2)n1. The van der Waals surface area contributed by atoms with Gasteiger partial charge in [-0.2, -0.15) is 4.98 Å². The second kappa shape index (κ2) is 9.61. The number of halogens is 1. The first kappa shape index (κ1) is 22.3. The number of nitrogens with zero attached hydrogens (tertiary/aromatic N) is 2. The molecule has 3 aromatic rings. The Hall–Kier alpha value is -3.40. The summed E-state index contributed by atoms with van der Waals surface area (Å²) in [6.45, 7) is 6.54. The van der Waals surface area contributed by atoms with Crippen LogP contribution in [0.3, 0.4) is 0 Å². The molecule has 1 aromatic heterocycles. The number of anilines is 4. The number of aromatic nitrogens is 2. The average molecular weight is 446 g/mol. The van der Waals surface area contributed by atoms with Crippen LogP contribution in [0.5, 0.6) is 5.75 Å². The zero-order valence-electron chi connectivity index (χ0n) is 17.4. The maximum Gasteiger partial charge on any atom is 0.262 e. The van der Waals surface area contributed by atoms with Gasteiger partial charge in [0.25, 0.3) is 10.0 Å². The minimum Gasteiger partial charge on any atom is -0.491 e. The summed E-state index contributed by atoms with van der Waals surface area (Å²) in [5.74, 6) is 0.411. The number of nitrogens with one attached hydrogen (secondary N) is 3. The molecule has 31 heavy (non-hydrogen) atoms. The summed E-state index contributed by atoms with van der Waals surface area (Å²) < 4.78 is 46.7. The Morgan fingerprint density at radius 3 is 2.35 bits per heavy atom. The van der Waals surface area contributed by atoms with Crippen molar-refractivity contribution in [2.24, 2.45) is 0 Å². The van der Waals surface area contributed by atoms with Gasteiger partial charge in [0, 0.05) is 29.7 Å². The average Bonchev–Trinajstić information content (AvgIpc) is 2.71. The van der Waals surface area contributed by atoms with Crippen molar-refractivity contribution in [1.29, 1.82) is 0 Å². The van der Waals surface area contributed by atoms with Crippen molar-refractivity contribution in [2.75, 3.05) is 28.5 Å². The topological polar surface area (TPSA) is 105 Å². The van der Waals surface area contributed by atoms with E-state index in [1.807, 2.05) is 13.8 Å². The molecule has 1 heterocycles. The molecular weight excluding hydrogens is 421 g/mol. The second-order valence-electron chi connectivity index (χ2n) is 6.58. The monoisotopic (exact) mass is 445 g/mol. The number of rotatable bonds is 9. The van der Waals surface area contributed by atoms with Gasteiger partial charge in [0.15, 0.2) is 11.6 Å². The van der Waals surface area contributed by atoms with Crippen molar-refractivity contribution in [3.05, 3.63) is 60.0 Å². The molecule has 0 saturated heterocycles. The van der Waals surface area contributed by atoms with Crippen LogP contribution in [0.2, 0.25) is 0 Å². The minimum atomic E-state index is -3.95. The highest BCUT2D eigenvalue weighted by Gasteiger charge is 2.17. The Labute approximate surface area is 180 Å². The summed E-state index contributed by atoms with van der Waals surface area (Å²) in [6, 6.07) is 12.0. The summed E-state index contributed by atoms with van der Waals surface area (Å²) in [4.78, 5) is 8.48. The molecule has 0 aliphatic heterocycles. The van der Waals surface area contributed by atoms with Gasteiger partial charge in [-0.05, 0) is 63.2 Å². The Morgan fingerprint density at radius 1 is 1.00 bits per heavy atom. The van der Waals surface area contributed by atoms with Crippen LogP contribution in [-0.4, -0.2) is 31.5 Å². The Balaban J connectivity index is 1.72. The fourth-order valence-corrected chi connectivity index (χ4v) is 3.84.